The molecule has 5 nitrogen and oxygen atoms in total. The Labute approximate surface area is 149 Å². The second-order valence-electron chi connectivity index (χ2n) is 6.17. The summed E-state index contributed by atoms with van der Waals surface area (Å²) in [5.41, 5.74) is 2.07. The van der Waals surface area contributed by atoms with E-state index in [2.05, 4.69) is 4.98 Å². The summed E-state index contributed by atoms with van der Waals surface area (Å²) >= 11 is 0. The third kappa shape index (κ3) is 3.81. The lowest BCUT2D eigenvalue weighted by Gasteiger charge is -2.22. The van der Waals surface area contributed by atoms with Crippen LogP contribution < -0.4 is 5.56 Å². The van der Waals surface area contributed by atoms with Crippen molar-refractivity contribution in [1.82, 2.24) is 9.88 Å². The highest BCUT2D eigenvalue weighted by molar-refractivity contribution is 6.05. The van der Waals surface area contributed by atoms with Crippen LogP contribution in [0.15, 0.2) is 53.3 Å². The Bertz CT molecular complexity index is 996. The number of nitrogens with one attached hydrogen (secondary N) is 1. The molecule has 0 fully saturated rings. The molecule has 2 N–H and O–H groups in total. The third-order valence-corrected chi connectivity index (χ3v) is 4.19. The first-order valence-corrected chi connectivity index (χ1v) is 8.26. The average molecular weight is 354 g/mol. The number of aliphatic hydroxyl groups excluding tert-OH is 1. The first-order valence-electron chi connectivity index (χ1n) is 8.26. The van der Waals surface area contributed by atoms with Crippen molar-refractivity contribution < 1.29 is 14.3 Å². The molecule has 3 aromatic rings. The molecule has 134 valence electrons. The van der Waals surface area contributed by atoms with Crippen LogP contribution >= 0.6 is 0 Å². The van der Waals surface area contributed by atoms with Gasteiger partial charge in [-0.3, -0.25) is 9.59 Å². The van der Waals surface area contributed by atoms with E-state index in [1.54, 1.807) is 0 Å². The molecule has 6 heteroatoms. The Kier molecular flexibility index (Phi) is 5.14. The largest absolute Gasteiger partial charge is 0.395 e. The molecule has 0 aliphatic rings. The van der Waals surface area contributed by atoms with Crippen molar-refractivity contribution >= 4 is 16.8 Å². The zero-order valence-electron chi connectivity index (χ0n) is 14.3. The number of benzene rings is 2. The van der Waals surface area contributed by atoms with Crippen molar-refractivity contribution in [1.29, 1.82) is 0 Å². The first-order chi connectivity index (χ1) is 12.5. The van der Waals surface area contributed by atoms with Gasteiger partial charge in [0.1, 0.15) is 5.82 Å². The molecular formula is C20H19FN2O3. The number of aromatic amines is 1. The number of aliphatic hydroxyl groups is 1. The number of nitrogens with zero attached hydrogens (tertiary/aromatic N) is 1. The van der Waals surface area contributed by atoms with Gasteiger partial charge in [-0.25, -0.2) is 4.39 Å². The first kappa shape index (κ1) is 17.8. The van der Waals surface area contributed by atoms with Crippen molar-refractivity contribution in [2.45, 2.75) is 13.5 Å². The zero-order valence-corrected chi connectivity index (χ0v) is 14.3. The fourth-order valence-corrected chi connectivity index (χ4v) is 2.86. The van der Waals surface area contributed by atoms with Crippen LogP contribution in [0.3, 0.4) is 0 Å². The zero-order chi connectivity index (χ0) is 18.7. The Morgan fingerprint density at radius 2 is 1.88 bits per heavy atom. The highest BCUT2D eigenvalue weighted by Gasteiger charge is 2.19. The van der Waals surface area contributed by atoms with Crippen LogP contribution in [-0.4, -0.2) is 34.0 Å². The molecule has 0 aliphatic carbocycles. The number of carbonyl (C=O) groups excluding carboxylic acids is 1. The van der Waals surface area contributed by atoms with Crippen LogP contribution in [0.25, 0.3) is 10.9 Å². The predicted molar refractivity (Wildman–Crippen MR) is 97.5 cm³/mol. The molecule has 0 saturated carbocycles. The van der Waals surface area contributed by atoms with Crippen LogP contribution in [0, 0.1) is 12.7 Å². The van der Waals surface area contributed by atoms with Gasteiger partial charge in [0, 0.05) is 30.1 Å². The lowest BCUT2D eigenvalue weighted by molar-refractivity contribution is 0.0709. The van der Waals surface area contributed by atoms with E-state index in [4.69, 9.17) is 0 Å². The van der Waals surface area contributed by atoms with Crippen molar-refractivity contribution in [3.63, 3.8) is 0 Å². The minimum atomic E-state index is -0.495. The molecule has 0 saturated heterocycles. The monoisotopic (exact) mass is 354 g/mol. The van der Waals surface area contributed by atoms with Gasteiger partial charge in [-0.05, 0) is 30.7 Å². The molecule has 0 unspecified atom stereocenters. The second-order valence-corrected chi connectivity index (χ2v) is 6.17. The lowest BCUT2D eigenvalue weighted by atomic mass is 10.1. The van der Waals surface area contributed by atoms with Crippen molar-refractivity contribution in [2.75, 3.05) is 13.2 Å². The van der Waals surface area contributed by atoms with Crippen LogP contribution in [0.4, 0.5) is 4.39 Å². The topological polar surface area (TPSA) is 73.4 Å². The maximum Gasteiger partial charge on any atom is 0.255 e. The van der Waals surface area contributed by atoms with Gasteiger partial charge in [-0.1, -0.05) is 29.8 Å². The van der Waals surface area contributed by atoms with Gasteiger partial charge < -0.3 is 15.0 Å². The number of aromatic nitrogens is 1. The van der Waals surface area contributed by atoms with Crippen molar-refractivity contribution in [2.24, 2.45) is 0 Å². The number of hydrogen-bond donors (Lipinski definition) is 2. The van der Waals surface area contributed by atoms with Crippen LogP contribution in [0.2, 0.25) is 0 Å². The number of fused-ring (bicyclic) bond motifs is 1. The summed E-state index contributed by atoms with van der Waals surface area (Å²) in [5.74, 6) is -0.924. The van der Waals surface area contributed by atoms with Crippen molar-refractivity contribution in [3.8, 4) is 0 Å². The van der Waals surface area contributed by atoms with E-state index in [9.17, 15) is 19.1 Å². The Hall–Kier alpha value is -2.99. The summed E-state index contributed by atoms with van der Waals surface area (Å²) < 4.78 is 13.7. The molecule has 2 aromatic carbocycles. The number of H-pyrrole nitrogens is 1. The van der Waals surface area contributed by atoms with Crippen molar-refractivity contribution in [3.05, 3.63) is 81.4 Å². The number of pyridine rings is 1. The van der Waals surface area contributed by atoms with Gasteiger partial charge in [-0.15, -0.1) is 0 Å². The molecule has 1 aromatic heterocycles. The number of carbonyl (C=O) groups is 1. The molecule has 0 radical (unpaired) electrons. The highest BCUT2D eigenvalue weighted by atomic mass is 19.1. The number of halogens is 1. The van der Waals surface area contributed by atoms with Crippen LogP contribution in [-0.2, 0) is 6.54 Å². The summed E-state index contributed by atoms with van der Waals surface area (Å²) in [6.07, 6.45) is 0. The van der Waals surface area contributed by atoms with E-state index < -0.39 is 17.3 Å². The van der Waals surface area contributed by atoms with E-state index in [1.165, 1.54) is 29.2 Å². The lowest BCUT2D eigenvalue weighted by Crippen LogP contribution is -2.34. The van der Waals surface area contributed by atoms with E-state index in [0.29, 0.717) is 10.9 Å². The Morgan fingerprint density at radius 1 is 1.15 bits per heavy atom. The molecule has 1 amide bonds. The van der Waals surface area contributed by atoms with E-state index in [-0.39, 0.29) is 25.3 Å². The highest BCUT2D eigenvalue weighted by Crippen LogP contribution is 2.19. The summed E-state index contributed by atoms with van der Waals surface area (Å²) in [4.78, 5) is 29.0. The predicted octanol–water partition coefficient (Wildman–Crippen LogP) is 2.61. The maximum atomic E-state index is 13.7. The fourth-order valence-electron chi connectivity index (χ4n) is 2.86. The minimum Gasteiger partial charge on any atom is -0.395 e. The third-order valence-electron chi connectivity index (χ3n) is 4.19. The number of hydrogen-bond acceptors (Lipinski definition) is 3. The summed E-state index contributed by atoms with van der Waals surface area (Å²) in [6, 6.07) is 12.7. The molecular weight excluding hydrogens is 335 g/mol. The smallest absolute Gasteiger partial charge is 0.255 e. The number of aryl methyl sites for hydroxylation is 1. The van der Waals surface area contributed by atoms with Gasteiger partial charge in [-0.2, -0.15) is 0 Å². The standard InChI is InChI=1S/C20H19FN2O3/c1-13-2-4-14(5-3-13)12-23(8-9-24)20(26)17-11-19(25)22-18-7-6-15(21)10-16(17)18/h2-7,10-11,24H,8-9,12H2,1H3,(H,22,25). The molecule has 0 atom stereocenters. The molecule has 3 rings (SSSR count). The van der Waals surface area contributed by atoms with E-state index in [0.717, 1.165) is 11.1 Å². The summed E-state index contributed by atoms with van der Waals surface area (Å²) in [5, 5.41) is 9.68. The van der Waals surface area contributed by atoms with Gasteiger partial charge in [0.05, 0.1) is 12.2 Å². The van der Waals surface area contributed by atoms with Gasteiger partial charge in [0.15, 0.2) is 0 Å². The SMILES string of the molecule is Cc1ccc(CN(CCO)C(=O)c2cc(=O)[nH]c3ccc(F)cc23)cc1. The van der Waals surface area contributed by atoms with Gasteiger partial charge >= 0.3 is 0 Å². The number of rotatable bonds is 5. The quantitative estimate of drug-likeness (QED) is 0.740. The van der Waals surface area contributed by atoms with Crippen LogP contribution in [0.1, 0.15) is 21.5 Å². The Morgan fingerprint density at radius 3 is 2.58 bits per heavy atom. The molecule has 0 bridgehead atoms. The van der Waals surface area contributed by atoms with Gasteiger partial charge in [0.25, 0.3) is 5.91 Å². The molecule has 0 spiro atoms. The number of amides is 1. The average Bonchev–Trinajstić information content (AvgIpc) is 2.62. The summed E-state index contributed by atoms with van der Waals surface area (Å²) in [7, 11) is 0. The fraction of sp³-hybridized carbons (Fsp3) is 0.200. The Balaban J connectivity index is 2.01. The second kappa shape index (κ2) is 7.49. The van der Waals surface area contributed by atoms with Gasteiger partial charge in [0.2, 0.25) is 5.56 Å². The molecule has 1 heterocycles. The maximum absolute atomic E-state index is 13.7. The van der Waals surface area contributed by atoms with E-state index >= 15 is 0 Å². The molecule has 0 aliphatic heterocycles. The normalized spacial score (nSPS) is 10.9. The molecule has 26 heavy (non-hydrogen) atoms. The summed E-state index contributed by atoms with van der Waals surface area (Å²) in [6.45, 7) is 2.14. The minimum absolute atomic E-state index is 0.107. The van der Waals surface area contributed by atoms with Crippen LogP contribution in [0.5, 0.6) is 0 Å². The van der Waals surface area contributed by atoms with E-state index in [1.807, 2.05) is 31.2 Å².